The normalized spacial score (nSPS) is 31.1. The summed E-state index contributed by atoms with van der Waals surface area (Å²) in [5.74, 6) is 0.718. The topological polar surface area (TPSA) is 18.5 Å². The Kier molecular flexibility index (Phi) is 6.28. The predicted octanol–water partition coefficient (Wildman–Crippen LogP) is 2.43. The summed E-state index contributed by atoms with van der Waals surface area (Å²) in [6.45, 7) is 15.3. The number of hydrogen-bond donors (Lipinski definition) is 1. The van der Waals surface area contributed by atoms with E-state index >= 15 is 0 Å². The van der Waals surface area contributed by atoms with Crippen LogP contribution in [0.25, 0.3) is 0 Å². The van der Waals surface area contributed by atoms with Crippen molar-refractivity contribution >= 4 is 0 Å². The Hall–Kier alpha value is -0.120. The van der Waals surface area contributed by atoms with E-state index in [0.717, 1.165) is 12.5 Å². The average Bonchev–Trinajstić information content (AvgIpc) is 2.35. The SMILES string of the molecule is CCC1(C)CN(C(C)CCN(C)C)C(C(C)C)CN1. The van der Waals surface area contributed by atoms with Crippen molar-refractivity contribution in [1.82, 2.24) is 15.1 Å². The maximum absolute atomic E-state index is 3.77. The largest absolute Gasteiger partial charge is 0.309 e. The highest BCUT2D eigenvalue weighted by molar-refractivity contribution is 4.97. The van der Waals surface area contributed by atoms with E-state index < -0.39 is 0 Å². The standard InChI is InChI=1S/C16H35N3/c1-8-16(5)12-19(14(4)9-10-18(6)7)15(11-17-16)13(2)3/h13-15,17H,8-12H2,1-7H3. The van der Waals surface area contributed by atoms with Gasteiger partial charge in [0, 0.05) is 30.7 Å². The molecule has 1 aliphatic heterocycles. The van der Waals surface area contributed by atoms with Gasteiger partial charge < -0.3 is 10.2 Å². The fourth-order valence-electron chi connectivity index (χ4n) is 2.99. The summed E-state index contributed by atoms with van der Waals surface area (Å²) in [4.78, 5) is 5.05. The van der Waals surface area contributed by atoms with Crippen molar-refractivity contribution in [2.24, 2.45) is 5.92 Å². The third kappa shape index (κ3) is 4.73. The van der Waals surface area contributed by atoms with Crippen LogP contribution in [0.1, 0.15) is 47.5 Å². The Labute approximate surface area is 120 Å². The number of piperazine rings is 1. The van der Waals surface area contributed by atoms with Crippen LogP contribution in [0.5, 0.6) is 0 Å². The number of nitrogens with one attached hydrogen (secondary N) is 1. The molecule has 1 N–H and O–H groups in total. The molecular weight excluding hydrogens is 234 g/mol. The Morgan fingerprint density at radius 3 is 2.42 bits per heavy atom. The zero-order chi connectivity index (χ0) is 14.6. The molecule has 3 atom stereocenters. The van der Waals surface area contributed by atoms with Gasteiger partial charge in [-0.25, -0.2) is 0 Å². The van der Waals surface area contributed by atoms with Gasteiger partial charge in [0.25, 0.3) is 0 Å². The first kappa shape index (κ1) is 16.9. The predicted molar refractivity (Wildman–Crippen MR) is 84.7 cm³/mol. The molecule has 0 amide bonds. The van der Waals surface area contributed by atoms with Gasteiger partial charge in [-0.15, -0.1) is 0 Å². The molecule has 114 valence electrons. The summed E-state index contributed by atoms with van der Waals surface area (Å²) >= 11 is 0. The molecule has 0 aromatic carbocycles. The van der Waals surface area contributed by atoms with Gasteiger partial charge in [-0.2, -0.15) is 0 Å². The van der Waals surface area contributed by atoms with E-state index in [2.05, 4.69) is 63.8 Å². The van der Waals surface area contributed by atoms with Crippen LogP contribution in [0.2, 0.25) is 0 Å². The zero-order valence-corrected chi connectivity index (χ0v) is 14.2. The molecule has 1 rings (SSSR count). The van der Waals surface area contributed by atoms with Crippen LogP contribution in [0.15, 0.2) is 0 Å². The quantitative estimate of drug-likeness (QED) is 0.799. The zero-order valence-electron chi connectivity index (χ0n) is 14.2. The van der Waals surface area contributed by atoms with Gasteiger partial charge in [-0.05, 0) is 53.2 Å². The van der Waals surface area contributed by atoms with E-state index in [1.807, 2.05) is 0 Å². The maximum atomic E-state index is 3.77. The second kappa shape index (κ2) is 7.05. The molecule has 0 bridgehead atoms. The lowest BCUT2D eigenvalue weighted by molar-refractivity contribution is 0.0255. The molecule has 0 saturated carbocycles. The molecule has 1 fully saturated rings. The molecule has 0 aliphatic carbocycles. The van der Waals surface area contributed by atoms with Crippen LogP contribution in [-0.4, -0.2) is 61.2 Å². The van der Waals surface area contributed by atoms with Crippen LogP contribution in [0.3, 0.4) is 0 Å². The number of nitrogens with zero attached hydrogens (tertiary/aromatic N) is 2. The van der Waals surface area contributed by atoms with Crippen LogP contribution in [0, 0.1) is 5.92 Å². The van der Waals surface area contributed by atoms with Gasteiger partial charge in [-0.1, -0.05) is 20.8 Å². The molecular formula is C16H35N3. The lowest BCUT2D eigenvalue weighted by Gasteiger charge is -2.50. The van der Waals surface area contributed by atoms with Gasteiger partial charge in [-0.3, -0.25) is 4.90 Å². The van der Waals surface area contributed by atoms with Crippen molar-refractivity contribution in [1.29, 1.82) is 0 Å². The van der Waals surface area contributed by atoms with E-state index in [1.165, 1.54) is 25.9 Å². The molecule has 0 radical (unpaired) electrons. The van der Waals surface area contributed by atoms with Gasteiger partial charge in [0.15, 0.2) is 0 Å². The van der Waals surface area contributed by atoms with Gasteiger partial charge in [0.05, 0.1) is 0 Å². The summed E-state index contributed by atoms with van der Waals surface area (Å²) in [5, 5.41) is 3.77. The number of hydrogen-bond acceptors (Lipinski definition) is 3. The van der Waals surface area contributed by atoms with Crippen molar-refractivity contribution in [3.63, 3.8) is 0 Å². The van der Waals surface area contributed by atoms with E-state index in [0.29, 0.717) is 12.1 Å². The van der Waals surface area contributed by atoms with Crippen LogP contribution >= 0.6 is 0 Å². The maximum Gasteiger partial charge on any atom is 0.0278 e. The number of rotatable bonds is 6. The third-order valence-corrected chi connectivity index (χ3v) is 4.81. The summed E-state index contributed by atoms with van der Waals surface area (Å²) in [5.41, 5.74) is 0.289. The van der Waals surface area contributed by atoms with Crippen LogP contribution < -0.4 is 5.32 Å². The molecule has 1 heterocycles. The third-order valence-electron chi connectivity index (χ3n) is 4.81. The Balaban J connectivity index is 2.71. The Bertz CT molecular complexity index is 265. The van der Waals surface area contributed by atoms with Crippen molar-refractivity contribution < 1.29 is 0 Å². The molecule has 0 aromatic rings. The van der Waals surface area contributed by atoms with E-state index in [-0.39, 0.29) is 5.54 Å². The highest BCUT2D eigenvalue weighted by Crippen LogP contribution is 2.25. The van der Waals surface area contributed by atoms with Crippen molar-refractivity contribution in [2.45, 2.75) is 65.1 Å². The summed E-state index contributed by atoms with van der Waals surface area (Å²) in [7, 11) is 4.33. The monoisotopic (exact) mass is 269 g/mol. The molecule has 3 heteroatoms. The first-order valence-electron chi connectivity index (χ1n) is 7.94. The molecule has 3 unspecified atom stereocenters. The van der Waals surface area contributed by atoms with Crippen molar-refractivity contribution in [3.8, 4) is 0 Å². The minimum Gasteiger partial charge on any atom is -0.309 e. The fraction of sp³-hybridized carbons (Fsp3) is 1.00. The van der Waals surface area contributed by atoms with Crippen molar-refractivity contribution in [2.75, 3.05) is 33.7 Å². The van der Waals surface area contributed by atoms with Crippen molar-refractivity contribution in [3.05, 3.63) is 0 Å². The summed E-state index contributed by atoms with van der Waals surface area (Å²) < 4.78 is 0. The Morgan fingerprint density at radius 1 is 1.32 bits per heavy atom. The second-order valence-electron chi connectivity index (χ2n) is 7.22. The van der Waals surface area contributed by atoms with Gasteiger partial charge in [0.2, 0.25) is 0 Å². The molecule has 0 aromatic heterocycles. The second-order valence-corrected chi connectivity index (χ2v) is 7.22. The lowest BCUT2D eigenvalue weighted by Crippen LogP contribution is -2.65. The van der Waals surface area contributed by atoms with Crippen LogP contribution in [0.4, 0.5) is 0 Å². The summed E-state index contributed by atoms with van der Waals surface area (Å²) in [6.07, 6.45) is 2.46. The molecule has 0 spiro atoms. The van der Waals surface area contributed by atoms with Gasteiger partial charge >= 0.3 is 0 Å². The highest BCUT2D eigenvalue weighted by Gasteiger charge is 2.37. The summed E-state index contributed by atoms with van der Waals surface area (Å²) in [6, 6.07) is 1.35. The minimum atomic E-state index is 0.289. The molecule has 3 nitrogen and oxygen atoms in total. The first-order valence-corrected chi connectivity index (χ1v) is 7.94. The van der Waals surface area contributed by atoms with E-state index in [9.17, 15) is 0 Å². The van der Waals surface area contributed by atoms with Gasteiger partial charge in [0.1, 0.15) is 0 Å². The highest BCUT2D eigenvalue weighted by atomic mass is 15.3. The fourth-order valence-corrected chi connectivity index (χ4v) is 2.99. The minimum absolute atomic E-state index is 0.289. The lowest BCUT2D eigenvalue weighted by atomic mass is 9.88. The Morgan fingerprint density at radius 2 is 1.95 bits per heavy atom. The average molecular weight is 269 g/mol. The molecule has 19 heavy (non-hydrogen) atoms. The van der Waals surface area contributed by atoms with E-state index in [1.54, 1.807) is 0 Å². The molecule has 1 aliphatic rings. The van der Waals surface area contributed by atoms with E-state index in [4.69, 9.17) is 0 Å². The molecule has 1 saturated heterocycles. The smallest absolute Gasteiger partial charge is 0.0278 e. The first-order chi connectivity index (χ1) is 8.79. The van der Waals surface area contributed by atoms with Crippen LogP contribution in [-0.2, 0) is 0 Å².